The van der Waals surface area contributed by atoms with E-state index in [-0.39, 0.29) is 0 Å². The van der Waals surface area contributed by atoms with E-state index in [1.807, 2.05) is 13.0 Å². The van der Waals surface area contributed by atoms with Gasteiger partial charge >= 0.3 is 0 Å². The number of rotatable bonds is 3. The second-order valence-corrected chi connectivity index (χ2v) is 4.41. The highest BCUT2D eigenvalue weighted by Crippen LogP contribution is 2.30. The second kappa shape index (κ2) is 3.66. The summed E-state index contributed by atoms with van der Waals surface area (Å²) in [6, 6.07) is 1.98. The van der Waals surface area contributed by atoms with E-state index in [0.29, 0.717) is 0 Å². The van der Waals surface area contributed by atoms with Crippen LogP contribution in [0, 0.1) is 12.8 Å². The zero-order valence-corrected chi connectivity index (χ0v) is 9.17. The summed E-state index contributed by atoms with van der Waals surface area (Å²) in [7, 11) is 0. The number of hydrogen-bond acceptors (Lipinski definition) is 2. The third-order valence-corrected chi connectivity index (χ3v) is 2.61. The van der Waals surface area contributed by atoms with Crippen molar-refractivity contribution in [3.8, 4) is 5.75 Å². The van der Waals surface area contributed by atoms with Crippen LogP contribution in [0.15, 0.2) is 16.7 Å². The van der Waals surface area contributed by atoms with Gasteiger partial charge in [-0.2, -0.15) is 0 Å². The van der Waals surface area contributed by atoms with Crippen LogP contribution in [0.4, 0.5) is 0 Å². The van der Waals surface area contributed by atoms with E-state index in [0.717, 1.165) is 28.4 Å². The van der Waals surface area contributed by atoms with Gasteiger partial charge in [0, 0.05) is 10.7 Å². The number of ether oxygens (including phenoxy) is 1. The molecule has 0 unspecified atom stereocenters. The molecule has 0 atom stereocenters. The van der Waals surface area contributed by atoms with Gasteiger partial charge in [0.1, 0.15) is 5.75 Å². The highest BCUT2D eigenvalue weighted by Gasteiger charge is 2.22. The average Bonchev–Trinajstić information content (AvgIpc) is 2.90. The summed E-state index contributed by atoms with van der Waals surface area (Å²) in [6.45, 7) is 2.81. The molecule has 1 aromatic rings. The maximum absolute atomic E-state index is 5.65. The normalized spacial score (nSPS) is 15.8. The van der Waals surface area contributed by atoms with Crippen LogP contribution < -0.4 is 4.74 Å². The van der Waals surface area contributed by atoms with Gasteiger partial charge in [-0.25, -0.2) is 0 Å². The molecule has 70 valence electrons. The molecule has 3 heteroatoms. The Kier molecular flexibility index (Phi) is 2.54. The number of halogens is 1. The second-order valence-electron chi connectivity index (χ2n) is 3.49. The molecule has 2 nitrogen and oxygen atoms in total. The number of aryl methyl sites for hydroxylation is 1. The van der Waals surface area contributed by atoms with Crippen molar-refractivity contribution in [1.82, 2.24) is 4.98 Å². The van der Waals surface area contributed by atoms with Gasteiger partial charge in [-0.3, -0.25) is 4.98 Å². The first kappa shape index (κ1) is 9.00. The van der Waals surface area contributed by atoms with Gasteiger partial charge in [-0.1, -0.05) is 0 Å². The SMILES string of the molecule is Cc1ncc(Br)cc1OCC1CC1. The van der Waals surface area contributed by atoms with Crippen LogP contribution in [0.1, 0.15) is 18.5 Å². The van der Waals surface area contributed by atoms with Crippen LogP contribution in [0.5, 0.6) is 5.75 Å². The maximum atomic E-state index is 5.65. The van der Waals surface area contributed by atoms with Crippen molar-refractivity contribution in [2.24, 2.45) is 5.92 Å². The van der Waals surface area contributed by atoms with Gasteiger partial charge in [-0.15, -0.1) is 0 Å². The lowest BCUT2D eigenvalue weighted by atomic mass is 10.3. The Morgan fingerprint density at radius 3 is 3.08 bits per heavy atom. The molecule has 0 amide bonds. The molecule has 0 N–H and O–H groups in total. The lowest BCUT2D eigenvalue weighted by Gasteiger charge is -2.07. The fourth-order valence-electron chi connectivity index (χ4n) is 1.13. The third-order valence-electron chi connectivity index (χ3n) is 2.18. The Bertz CT molecular complexity index is 310. The fraction of sp³-hybridized carbons (Fsp3) is 0.500. The summed E-state index contributed by atoms with van der Waals surface area (Å²) in [5.41, 5.74) is 0.962. The van der Waals surface area contributed by atoms with E-state index in [1.165, 1.54) is 12.8 Å². The lowest BCUT2D eigenvalue weighted by molar-refractivity contribution is 0.296. The molecular weight excluding hydrogens is 230 g/mol. The number of pyridine rings is 1. The monoisotopic (exact) mass is 241 g/mol. The largest absolute Gasteiger partial charge is 0.491 e. The standard InChI is InChI=1S/C10H12BrNO/c1-7-10(4-9(11)5-12-7)13-6-8-2-3-8/h4-5,8H,2-3,6H2,1H3. The molecule has 1 aliphatic carbocycles. The van der Waals surface area contributed by atoms with Gasteiger partial charge in [0.05, 0.1) is 12.3 Å². The van der Waals surface area contributed by atoms with Gasteiger partial charge in [0.2, 0.25) is 0 Å². The van der Waals surface area contributed by atoms with Crippen molar-refractivity contribution in [3.05, 3.63) is 22.4 Å². The summed E-state index contributed by atoms with van der Waals surface area (Å²) in [5.74, 6) is 1.69. The first-order chi connectivity index (χ1) is 6.25. The summed E-state index contributed by atoms with van der Waals surface area (Å²) < 4.78 is 6.62. The maximum Gasteiger partial charge on any atom is 0.141 e. The van der Waals surface area contributed by atoms with E-state index in [1.54, 1.807) is 6.20 Å². The van der Waals surface area contributed by atoms with Gasteiger partial charge < -0.3 is 4.74 Å². The molecule has 1 heterocycles. The van der Waals surface area contributed by atoms with Crippen LogP contribution in [0.25, 0.3) is 0 Å². The Morgan fingerprint density at radius 2 is 2.38 bits per heavy atom. The molecule has 0 bridgehead atoms. The highest BCUT2D eigenvalue weighted by molar-refractivity contribution is 9.10. The molecular formula is C10H12BrNO. The number of hydrogen-bond donors (Lipinski definition) is 0. The molecule has 1 fully saturated rings. The third kappa shape index (κ3) is 2.44. The van der Waals surface area contributed by atoms with Crippen molar-refractivity contribution < 1.29 is 4.74 Å². The van der Waals surface area contributed by atoms with Crippen LogP contribution in [-0.4, -0.2) is 11.6 Å². The van der Waals surface area contributed by atoms with Crippen molar-refractivity contribution in [2.45, 2.75) is 19.8 Å². The van der Waals surface area contributed by atoms with E-state index in [9.17, 15) is 0 Å². The number of nitrogens with zero attached hydrogens (tertiary/aromatic N) is 1. The van der Waals surface area contributed by atoms with Gasteiger partial charge in [-0.05, 0) is 47.7 Å². The van der Waals surface area contributed by atoms with Crippen LogP contribution in [-0.2, 0) is 0 Å². The van der Waals surface area contributed by atoms with Crippen LogP contribution >= 0.6 is 15.9 Å². The molecule has 0 aromatic carbocycles. The summed E-state index contributed by atoms with van der Waals surface area (Å²) >= 11 is 3.38. The average molecular weight is 242 g/mol. The summed E-state index contributed by atoms with van der Waals surface area (Å²) in [5, 5.41) is 0. The molecule has 0 saturated heterocycles. The fourth-order valence-corrected chi connectivity index (χ4v) is 1.44. The molecule has 2 rings (SSSR count). The minimum atomic E-state index is 0.790. The first-order valence-electron chi connectivity index (χ1n) is 4.50. The van der Waals surface area contributed by atoms with Crippen molar-refractivity contribution in [1.29, 1.82) is 0 Å². The molecule has 0 radical (unpaired) electrons. The Morgan fingerprint density at radius 1 is 1.62 bits per heavy atom. The molecule has 13 heavy (non-hydrogen) atoms. The smallest absolute Gasteiger partial charge is 0.141 e. The first-order valence-corrected chi connectivity index (χ1v) is 5.30. The topological polar surface area (TPSA) is 22.1 Å². The van der Waals surface area contributed by atoms with Crippen molar-refractivity contribution in [2.75, 3.05) is 6.61 Å². The zero-order chi connectivity index (χ0) is 9.26. The van der Waals surface area contributed by atoms with E-state index < -0.39 is 0 Å². The molecule has 1 aromatic heterocycles. The van der Waals surface area contributed by atoms with E-state index in [4.69, 9.17) is 4.74 Å². The zero-order valence-electron chi connectivity index (χ0n) is 7.59. The molecule has 0 spiro atoms. The van der Waals surface area contributed by atoms with Crippen molar-refractivity contribution >= 4 is 15.9 Å². The molecule has 1 aliphatic rings. The number of aromatic nitrogens is 1. The molecule has 1 saturated carbocycles. The summed E-state index contributed by atoms with van der Waals surface area (Å²) in [6.07, 6.45) is 4.43. The van der Waals surface area contributed by atoms with E-state index >= 15 is 0 Å². The van der Waals surface area contributed by atoms with Crippen LogP contribution in [0.2, 0.25) is 0 Å². The predicted molar refractivity (Wildman–Crippen MR) is 54.9 cm³/mol. The minimum Gasteiger partial charge on any atom is -0.491 e. The highest BCUT2D eigenvalue weighted by atomic mass is 79.9. The van der Waals surface area contributed by atoms with Crippen molar-refractivity contribution in [3.63, 3.8) is 0 Å². The van der Waals surface area contributed by atoms with Crippen LogP contribution in [0.3, 0.4) is 0 Å². The van der Waals surface area contributed by atoms with Gasteiger partial charge in [0.15, 0.2) is 0 Å². The van der Waals surface area contributed by atoms with Gasteiger partial charge in [0.25, 0.3) is 0 Å². The Hall–Kier alpha value is -0.570. The minimum absolute atomic E-state index is 0.790. The lowest BCUT2D eigenvalue weighted by Crippen LogP contribution is -2.01. The predicted octanol–water partition coefficient (Wildman–Crippen LogP) is 2.94. The Balaban J connectivity index is 2.03. The van der Waals surface area contributed by atoms with E-state index in [2.05, 4.69) is 20.9 Å². The molecule has 0 aliphatic heterocycles. The Labute approximate surface area is 86.5 Å². The summed E-state index contributed by atoms with van der Waals surface area (Å²) in [4.78, 5) is 4.21. The quantitative estimate of drug-likeness (QED) is 0.812.